The van der Waals surface area contributed by atoms with Crippen molar-refractivity contribution >= 4 is 22.4 Å². The number of phenols is 1. The van der Waals surface area contributed by atoms with E-state index in [4.69, 9.17) is 5.84 Å². The number of aromatic nitrogens is 3. The Labute approximate surface area is 129 Å². The van der Waals surface area contributed by atoms with Crippen LogP contribution >= 0.6 is 0 Å². The number of aromatic hydroxyl groups is 1. The second-order valence-corrected chi connectivity index (χ2v) is 4.77. The molecule has 0 spiro atoms. The van der Waals surface area contributed by atoms with E-state index in [-0.39, 0.29) is 17.3 Å². The van der Waals surface area contributed by atoms with Crippen LogP contribution in [0.4, 0.5) is 5.95 Å². The lowest BCUT2D eigenvalue weighted by Crippen LogP contribution is -2.14. The second kappa shape index (κ2) is 5.37. The van der Waals surface area contributed by atoms with Crippen LogP contribution < -0.4 is 5.84 Å². The van der Waals surface area contributed by atoms with Gasteiger partial charge in [0.1, 0.15) is 5.75 Å². The molecule has 0 aliphatic carbocycles. The first-order valence-corrected chi connectivity index (χ1v) is 6.57. The molecule has 0 aliphatic heterocycles. The molecule has 1 aromatic heterocycles. The lowest BCUT2D eigenvalue weighted by molar-refractivity contribution is -0.394. The van der Waals surface area contributed by atoms with Gasteiger partial charge in [0.15, 0.2) is 5.71 Å². The lowest BCUT2D eigenvalue weighted by atomic mass is 9.99. The van der Waals surface area contributed by atoms with Gasteiger partial charge in [0, 0.05) is 12.1 Å². The third-order valence-corrected chi connectivity index (χ3v) is 3.40. The molecule has 116 valence electrons. The zero-order valence-electron chi connectivity index (χ0n) is 12.0. The number of hydrogen-bond acceptors (Lipinski definition) is 7. The first kappa shape index (κ1) is 14.4. The van der Waals surface area contributed by atoms with Gasteiger partial charge in [-0.1, -0.05) is 30.3 Å². The molecule has 0 saturated carbocycles. The summed E-state index contributed by atoms with van der Waals surface area (Å²) >= 11 is 0. The smallest absolute Gasteiger partial charge is 0.491 e. The van der Waals surface area contributed by atoms with Crippen LogP contribution in [-0.4, -0.2) is 30.5 Å². The molecule has 0 radical (unpaired) electrons. The Balaban J connectivity index is 2.28. The number of nitrogens with zero attached hydrogens (tertiary/aromatic N) is 5. The van der Waals surface area contributed by atoms with Crippen LogP contribution in [0, 0.1) is 10.1 Å². The minimum Gasteiger partial charge on any atom is -0.507 e. The minimum absolute atomic E-state index is 0.0569. The highest BCUT2D eigenvalue weighted by molar-refractivity contribution is 6.19. The molecule has 23 heavy (non-hydrogen) atoms. The molecule has 3 aromatic rings. The lowest BCUT2D eigenvalue weighted by Gasteiger charge is -2.09. The summed E-state index contributed by atoms with van der Waals surface area (Å²) in [7, 11) is 1.49. The molecule has 0 aliphatic rings. The molecule has 0 saturated heterocycles. The van der Waals surface area contributed by atoms with Crippen molar-refractivity contribution in [3.8, 4) is 5.75 Å². The van der Waals surface area contributed by atoms with Crippen molar-refractivity contribution in [2.45, 2.75) is 0 Å². The molecule has 0 bridgehead atoms. The van der Waals surface area contributed by atoms with E-state index in [1.54, 1.807) is 18.2 Å². The van der Waals surface area contributed by atoms with Gasteiger partial charge in [0.25, 0.3) is 5.82 Å². The van der Waals surface area contributed by atoms with Crippen LogP contribution in [0.15, 0.2) is 41.5 Å². The maximum absolute atomic E-state index is 10.8. The minimum atomic E-state index is -0.708. The molecule has 0 amide bonds. The number of benzene rings is 2. The summed E-state index contributed by atoms with van der Waals surface area (Å²) in [5, 5.41) is 30.0. The monoisotopic (exact) mass is 312 g/mol. The molecule has 9 heteroatoms. The first-order valence-electron chi connectivity index (χ1n) is 6.57. The average Bonchev–Trinajstić information content (AvgIpc) is 2.92. The van der Waals surface area contributed by atoms with Crippen LogP contribution in [0.1, 0.15) is 11.4 Å². The van der Waals surface area contributed by atoms with E-state index in [0.29, 0.717) is 10.9 Å². The summed E-state index contributed by atoms with van der Waals surface area (Å²) in [5.74, 6) is 4.94. The van der Waals surface area contributed by atoms with Gasteiger partial charge in [0.2, 0.25) is 0 Å². The van der Waals surface area contributed by atoms with Gasteiger partial charge in [-0.25, -0.2) is 0 Å². The fourth-order valence-electron chi connectivity index (χ4n) is 2.40. The Morgan fingerprint density at radius 1 is 1.35 bits per heavy atom. The SMILES string of the molecule is Cn1nc([N+](=O)[O-])nc1/C(=N/N)c1c(O)ccc2ccccc12. The first-order chi connectivity index (χ1) is 11.0. The standard InChI is InChI=1S/C14H12N6O3/c1-19-13(16-14(18-19)20(22)23)12(17-15)11-9-5-3-2-4-8(9)6-7-10(11)21/h2-7,21H,15H2,1H3/b17-12+. The fourth-order valence-corrected chi connectivity index (χ4v) is 2.40. The molecule has 3 rings (SSSR count). The maximum atomic E-state index is 10.8. The van der Waals surface area contributed by atoms with Crippen LogP contribution in [0.25, 0.3) is 10.8 Å². The van der Waals surface area contributed by atoms with Gasteiger partial charge in [-0.15, -0.1) is 0 Å². The van der Waals surface area contributed by atoms with E-state index in [1.807, 2.05) is 12.1 Å². The normalized spacial score (nSPS) is 11.8. The van der Waals surface area contributed by atoms with Gasteiger partial charge in [-0.2, -0.15) is 9.78 Å². The van der Waals surface area contributed by atoms with Crippen molar-refractivity contribution in [1.82, 2.24) is 14.8 Å². The molecular formula is C14H12N6O3. The van der Waals surface area contributed by atoms with E-state index < -0.39 is 10.9 Å². The quantitative estimate of drug-likeness (QED) is 0.324. The third kappa shape index (κ3) is 2.33. The Bertz CT molecular complexity index is 947. The van der Waals surface area contributed by atoms with Crippen molar-refractivity contribution in [2.24, 2.45) is 18.0 Å². The van der Waals surface area contributed by atoms with E-state index in [2.05, 4.69) is 15.2 Å². The fraction of sp³-hybridized carbons (Fsp3) is 0.0714. The number of hydrazone groups is 1. The molecule has 2 aromatic carbocycles. The molecule has 9 nitrogen and oxygen atoms in total. The number of rotatable bonds is 3. The van der Waals surface area contributed by atoms with Crippen molar-refractivity contribution in [3.05, 3.63) is 57.9 Å². The van der Waals surface area contributed by atoms with Crippen LogP contribution in [0.5, 0.6) is 5.75 Å². The maximum Gasteiger partial charge on any atom is 0.491 e. The second-order valence-electron chi connectivity index (χ2n) is 4.77. The summed E-state index contributed by atoms with van der Waals surface area (Å²) in [6.07, 6.45) is 0. The van der Waals surface area contributed by atoms with Crippen molar-refractivity contribution in [1.29, 1.82) is 0 Å². The Kier molecular flexibility index (Phi) is 3.37. The zero-order chi connectivity index (χ0) is 16.6. The Morgan fingerprint density at radius 2 is 2.09 bits per heavy atom. The van der Waals surface area contributed by atoms with Gasteiger partial charge in [-0.3, -0.25) is 0 Å². The van der Waals surface area contributed by atoms with E-state index in [0.717, 1.165) is 5.39 Å². The topological polar surface area (TPSA) is 132 Å². The van der Waals surface area contributed by atoms with Crippen molar-refractivity contribution in [3.63, 3.8) is 0 Å². The number of aryl methyl sites for hydroxylation is 1. The van der Waals surface area contributed by atoms with Crippen LogP contribution in [-0.2, 0) is 7.05 Å². The molecular weight excluding hydrogens is 300 g/mol. The highest BCUT2D eigenvalue weighted by atomic mass is 16.6. The largest absolute Gasteiger partial charge is 0.507 e. The summed E-state index contributed by atoms with van der Waals surface area (Å²) < 4.78 is 1.20. The number of hydrogen-bond donors (Lipinski definition) is 2. The van der Waals surface area contributed by atoms with Gasteiger partial charge >= 0.3 is 5.95 Å². The predicted octanol–water partition coefficient (Wildman–Crippen LogP) is 1.29. The third-order valence-electron chi connectivity index (χ3n) is 3.40. The zero-order valence-corrected chi connectivity index (χ0v) is 12.0. The molecule has 0 atom stereocenters. The van der Waals surface area contributed by atoms with Crippen molar-refractivity contribution < 1.29 is 10.0 Å². The number of phenolic OH excluding ortho intramolecular Hbond substituents is 1. The number of nitro groups is 1. The predicted molar refractivity (Wildman–Crippen MR) is 83.1 cm³/mol. The summed E-state index contributed by atoms with van der Waals surface area (Å²) in [6.45, 7) is 0. The summed E-state index contributed by atoms with van der Waals surface area (Å²) in [6, 6.07) is 10.6. The number of nitrogens with two attached hydrogens (primary N) is 1. The van der Waals surface area contributed by atoms with Gasteiger partial charge in [-0.05, 0) is 26.7 Å². The highest BCUT2D eigenvalue weighted by Crippen LogP contribution is 2.29. The number of fused-ring (bicyclic) bond motifs is 1. The van der Waals surface area contributed by atoms with Gasteiger partial charge in [0.05, 0.1) is 5.56 Å². The Hall–Kier alpha value is -3.49. The van der Waals surface area contributed by atoms with E-state index in [9.17, 15) is 15.2 Å². The average molecular weight is 312 g/mol. The molecule has 0 unspecified atom stereocenters. The van der Waals surface area contributed by atoms with Crippen LogP contribution in [0.2, 0.25) is 0 Å². The summed E-state index contributed by atoms with van der Waals surface area (Å²) in [5.41, 5.74) is 0.457. The molecule has 3 N–H and O–H groups in total. The van der Waals surface area contributed by atoms with E-state index in [1.165, 1.54) is 17.8 Å². The molecule has 1 heterocycles. The highest BCUT2D eigenvalue weighted by Gasteiger charge is 2.27. The summed E-state index contributed by atoms with van der Waals surface area (Å²) in [4.78, 5) is 14.0. The van der Waals surface area contributed by atoms with Crippen molar-refractivity contribution in [2.75, 3.05) is 0 Å². The Morgan fingerprint density at radius 3 is 2.74 bits per heavy atom. The van der Waals surface area contributed by atoms with Crippen LogP contribution in [0.3, 0.4) is 0 Å². The van der Waals surface area contributed by atoms with Gasteiger partial charge < -0.3 is 21.1 Å². The molecule has 0 fully saturated rings. The van der Waals surface area contributed by atoms with E-state index >= 15 is 0 Å².